The van der Waals surface area contributed by atoms with Crippen LogP contribution < -0.4 is 11.3 Å². The van der Waals surface area contributed by atoms with Crippen molar-refractivity contribution in [2.75, 3.05) is 7.11 Å². The third-order valence-corrected chi connectivity index (χ3v) is 4.31. The first kappa shape index (κ1) is 18.5. The molecule has 6 nitrogen and oxygen atoms in total. The maximum atomic E-state index is 11.8. The van der Waals surface area contributed by atoms with E-state index in [0.29, 0.717) is 18.5 Å². The number of carbonyl (C=O) groups excluding carboxylic acids is 1. The molecule has 1 atom stereocenters. The van der Waals surface area contributed by atoms with Gasteiger partial charge in [-0.3, -0.25) is 14.6 Å². The minimum absolute atomic E-state index is 0.0218. The van der Waals surface area contributed by atoms with Crippen molar-refractivity contribution in [3.05, 3.63) is 99.7 Å². The van der Waals surface area contributed by atoms with Crippen molar-refractivity contribution in [2.24, 2.45) is 5.73 Å². The molecule has 0 spiro atoms. The number of aromatic nitrogens is 2. The van der Waals surface area contributed by atoms with Crippen LogP contribution >= 0.6 is 0 Å². The highest BCUT2D eigenvalue weighted by Crippen LogP contribution is 2.16. The van der Waals surface area contributed by atoms with E-state index in [4.69, 9.17) is 5.73 Å². The van der Waals surface area contributed by atoms with Crippen molar-refractivity contribution < 1.29 is 9.53 Å². The number of hydrogen-bond acceptors (Lipinski definition) is 5. The summed E-state index contributed by atoms with van der Waals surface area (Å²) in [4.78, 5) is 27.6. The number of nitrogens with two attached hydrogens (primary N) is 1. The summed E-state index contributed by atoms with van der Waals surface area (Å²) in [7, 11) is 1.31. The van der Waals surface area contributed by atoms with E-state index in [1.165, 1.54) is 7.11 Å². The van der Waals surface area contributed by atoms with Crippen LogP contribution in [0, 0.1) is 0 Å². The van der Waals surface area contributed by atoms with Gasteiger partial charge in [0.05, 0.1) is 13.7 Å². The van der Waals surface area contributed by atoms with Gasteiger partial charge in [-0.15, -0.1) is 0 Å². The lowest BCUT2D eigenvalue weighted by atomic mass is 10.0. The zero-order valence-electron chi connectivity index (χ0n) is 15.0. The Labute approximate surface area is 157 Å². The van der Waals surface area contributed by atoms with E-state index in [-0.39, 0.29) is 5.56 Å². The van der Waals surface area contributed by atoms with Crippen molar-refractivity contribution >= 4 is 5.97 Å². The van der Waals surface area contributed by atoms with Gasteiger partial charge in [0.1, 0.15) is 6.04 Å². The van der Waals surface area contributed by atoms with Crippen LogP contribution in [0.15, 0.2) is 71.9 Å². The summed E-state index contributed by atoms with van der Waals surface area (Å²) in [6.45, 7) is 0.533. The molecule has 0 aliphatic heterocycles. The van der Waals surface area contributed by atoms with Crippen LogP contribution in [-0.2, 0) is 22.5 Å². The SMILES string of the molecule is COC(=O)C(N)c1cncc(Cc2ccc(Cn3ccccc3=O)cc2)c1. The van der Waals surface area contributed by atoms with Crippen molar-refractivity contribution in [3.8, 4) is 0 Å². The Bertz CT molecular complexity index is 980. The van der Waals surface area contributed by atoms with E-state index in [2.05, 4.69) is 9.72 Å². The van der Waals surface area contributed by atoms with E-state index in [1.54, 1.807) is 35.3 Å². The van der Waals surface area contributed by atoms with Crippen LogP contribution in [0.2, 0.25) is 0 Å². The fourth-order valence-electron chi connectivity index (χ4n) is 2.82. The van der Waals surface area contributed by atoms with E-state index in [9.17, 15) is 9.59 Å². The number of methoxy groups -OCH3 is 1. The van der Waals surface area contributed by atoms with Gasteiger partial charge in [0.15, 0.2) is 0 Å². The van der Waals surface area contributed by atoms with Crippen LogP contribution in [0.4, 0.5) is 0 Å². The molecule has 2 heterocycles. The van der Waals surface area contributed by atoms with Crippen LogP contribution in [0.3, 0.4) is 0 Å². The highest BCUT2D eigenvalue weighted by atomic mass is 16.5. The molecule has 1 aromatic carbocycles. The van der Waals surface area contributed by atoms with Crippen LogP contribution in [-0.4, -0.2) is 22.6 Å². The molecule has 0 aliphatic carbocycles. The first-order valence-electron chi connectivity index (χ1n) is 8.57. The van der Waals surface area contributed by atoms with E-state index in [0.717, 1.165) is 16.7 Å². The second-order valence-electron chi connectivity index (χ2n) is 6.29. The minimum Gasteiger partial charge on any atom is -0.468 e. The summed E-state index contributed by atoms with van der Waals surface area (Å²) in [6.07, 6.45) is 5.77. The first-order chi connectivity index (χ1) is 13.1. The Hall–Kier alpha value is -3.25. The molecule has 27 heavy (non-hydrogen) atoms. The lowest BCUT2D eigenvalue weighted by Crippen LogP contribution is -2.22. The maximum absolute atomic E-state index is 11.8. The summed E-state index contributed by atoms with van der Waals surface area (Å²) >= 11 is 0. The zero-order valence-corrected chi connectivity index (χ0v) is 15.0. The number of esters is 1. The number of carbonyl (C=O) groups is 1. The van der Waals surface area contributed by atoms with Crippen molar-refractivity contribution in [2.45, 2.75) is 19.0 Å². The quantitative estimate of drug-likeness (QED) is 0.678. The lowest BCUT2D eigenvalue weighted by Gasteiger charge is -2.11. The number of hydrogen-bond donors (Lipinski definition) is 1. The molecule has 2 N–H and O–H groups in total. The number of nitrogens with zero attached hydrogens (tertiary/aromatic N) is 2. The predicted octanol–water partition coefficient (Wildman–Crippen LogP) is 2.06. The monoisotopic (exact) mass is 363 g/mol. The number of pyridine rings is 2. The van der Waals surface area contributed by atoms with E-state index >= 15 is 0 Å². The minimum atomic E-state index is -0.839. The average molecular weight is 363 g/mol. The van der Waals surface area contributed by atoms with Crippen LogP contribution in [0.5, 0.6) is 0 Å². The summed E-state index contributed by atoms with van der Waals surface area (Å²) in [5, 5.41) is 0. The molecule has 1 unspecified atom stereocenters. The Kier molecular flexibility index (Phi) is 5.78. The predicted molar refractivity (Wildman–Crippen MR) is 102 cm³/mol. The van der Waals surface area contributed by atoms with Gasteiger partial charge in [-0.1, -0.05) is 36.4 Å². The van der Waals surface area contributed by atoms with E-state index < -0.39 is 12.0 Å². The summed E-state index contributed by atoms with van der Waals surface area (Å²) in [6, 6.07) is 14.2. The third kappa shape index (κ3) is 4.68. The molecule has 0 amide bonds. The van der Waals surface area contributed by atoms with Gasteiger partial charge in [-0.25, -0.2) is 0 Å². The number of ether oxygens (including phenoxy) is 1. The Morgan fingerprint density at radius 2 is 1.85 bits per heavy atom. The first-order valence-corrected chi connectivity index (χ1v) is 8.57. The highest BCUT2D eigenvalue weighted by Gasteiger charge is 2.16. The molecule has 3 aromatic rings. The Morgan fingerprint density at radius 1 is 1.11 bits per heavy atom. The summed E-state index contributed by atoms with van der Waals surface area (Å²) in [5.41, 5.74) is 9.58. The second kappa shape index (κ2) is 8.42. The highest BCUT2D eigenvalue weighted by molar-refractivity contribution is 5.77. The summed E-state index contributed by atoms with van der Waals surface area (Å²) < 4.78 is 6.34. The molecule has 138 valence electrons. The standard InChI is InChI=1S/C21H21N3O3/c1-27-21(26)20(22)18-11-17(12-23-13-18)10-15-5-7-16(8-6-15)14-24-9-3-2-4-19(24)25/h2-9,11-13,20H,10,14,22H2,1H3. The smallest absolute Gasteiger partial charge is 0.327 e. The van der Waals surface area contributed by atoms with Crippen LogP contribution in [0.1, 0.15) is 28.3 Å². The molecular formula is C21H21N3O3. The third-order valence-electron chi connectivity index (χ3n) is 4.31. The molecule has 0 radical (unpaired) electrons. The molecule has 0 saturated heterocycles. The van der Waals surface area contributed by atoms with Crippen molar-refractivity contribution in [1.82, 2.24) is 9.55 Å². The van der Waals surface area contributed by atoms with Crippen molar-refractivity contribution in [3.63, 3.8) is 0 Å². The van der Waals surface area contributed by atoms with Gasteiger partial charge in [-0.2, -0.15) is 0 Å². The Morgan fingerprint density at radius 3 is 2.56 bits per heavy atom. The molecule has 0 fully saturated rings. The fourth-order valence-corrected chi connectivity index (χ4v) is 2.82. The van der Waals surface area contributed by atoms with Gasteiger partial charge in [0, 0.05) is 24.7 Å². The zero-order chi connectivity index (χ0) is 19.2. The lowest BCUT2D eigenvalue weighted by molar-refractivity contribution is -0.142. The molecule has 3 rings (SSSR count). The van der Waals surface area contributed by atoms with Gasteiger partial charge in [0.25, 0.3) is 5.56 Å². The molecule has 6 heteroatoms. The number of rotatable bonds is 6. The van der Waals surface area contributed by atoms with Crippen LogP contribution in [0.25, 0.3) is 0 Å². The topological polar surface area (TPSA) is 87.2 Å². The fraction of sp³-hybridized carbons (Fsp3) is 0.190. The van der Waals surface area contributed by atoms with Gasteiger partial charge < -0.3 is 15.0 Å². The normalized spacial score (nSPS) is 11.8. The molecular weight excluding hydrogens is 342 g/mol. The summed E-state index contributed by atoms with van der Waals surface area (Å²) in [5.74, 6) is -0.491. The Balaban J connectivity index is 1.71. The molecule has 0 bridgehead atoms. The van der Waals surface area contributed by atoms with Gasteiger partial charge in [0.2, 0.25) is 0 Å². The number of benzene rings is 1. The van der Waals surface area contributed by atoms with E-state index in [1.807, 2.05) is 36.4 Å². The van der Waals surface area contributed by atoms with Gasteiger partial charge in [-0.05, 0) is 34.7 Å². The molecule has 0 aliphatic rings. The maximum Gasteiger partial charge on any atom is 0.327 e. The molecule has 2 aromatic heterocycles. The van der Waals surface area contributed by atoms with Gasteiger partial charge >= 0.3 is 5.97 Å². The largest absolute Gasteiger partial charge is 0.468 e. The average Bonchev–Trinajstić information content (AvgIpc) is 2.70. The molecule has 0 saturated carbocycles. The second-order valence-corrected chi connectivity index (χ2v) is 6.29. The van der Waals surface area contributed by atoms with Crippen molar-refractivity contribution in [1.29, 1.82) is 0 Å².